The molecule has 140 valence electrons. The molecule has 0 unspecified atom stereocenters. The Labute approximate surface area is 168 Å². The normalized spacial score (nSPS) is 21.1. The van der Waals surface area contributed by atoms with Crippen LogP contribution in [-0.2, 0) is 4.79 Å². The number of rotatable bonds is 2. The van der Waals surface area contributed by atoms with Crippen LogP contribution < -0.4 is 5.32 Å². The highest BCUT2D eigenvalue weighted by atomic mass is 35.5. The fraction of sp³-hybridized carbons (Fsp3) is 0.227. The molecule has 1 aliphatic heterocycles. The van der Waals surface area contributed by atoms with Gasteiger partial charge in [-0.05, 0) is 42.5 Å². The van der Waals surface area contributed by atoms with Crippen molar-refractivity contribution >= 4 is 23.3 Å². The van der Waals surface area contributed by atoms with Crippen molar-refractivity contribution in [1.29, 1.82) is 0 Å². The van der Waals surface area contributed by atoms with Gasteiger partial charge in [-0.1, -0.05) is 53.6 Å². The molecule has 5 rings (SSSR count). The molecular formula is C22H19ClN4O. The summed E-state index contributed by atoms with van der Waals surface area (Å²) in [6, 6.07) is 15.8. The molecule has 2 aliphatic rings. The number of ketones is 1. The number of nitrogens with zero attached hydrogens (tertiary/aromatic N) is 3. The number of benzene rings is 2. The number of hydrogen-bond donors (Lipinski definition) is 1. The number of halogens is 1. The second-order valence-corrected chi connectivity index (χ2v) is 7.88. The second kappa shape index (κ2) is 6.60. The van der Waals surface area contributed by atoms with E-state index in [1.807, 2.05) is 24.3 Å². The molecule has 1 aliphatic carbocycles. The smallest absolute Gasteiger partial charge is 0.226 e. The van der Waals surface area contributed by atoms with Crippen LogP contribution in [-0.4, -0.2) is 20.5 Å². The first-order valence-corrected chi connectivity index (χ1v) is 9.73. The lowest BCUT2D eigenvalue weighted by Crippen LogP contribution is -2.33. The Bertz CT molecular complexity index is 1100. The number of fused-ring (bicyclic) bond motifs is 1. The van der Waals surface area contributed by atoms with Gasteiger partial charge in [-0.3, -0.25) is 4.79 Å². The molecule has 5 nitrogen and oxygen atoms in total. The van der Waals surface area contributed by atoms with Gasteiger partial charge in [-0.2, -0.15) is 10.1 Å². The topological polar surface area (TPSA) is 59.8 Å². The lowest BCUT2D eigenvalue weighted by molar-refractivity contribution is -0.116. The van der Waals surface area contributed by atoms with Crippen LogP contribution in [0.3, 0.4) is 0 Å². The summed E-state index contributed by atoms with van der Waals surface area (Å²) in [6.45, 7) is 2.05. The van der Waals surface area contributed by atoms with Crippen molar-refractivity contribution in [1.82, 2.24) is 14.8 Å². The molecule has 6 heteroatoms. The first kappa shape index (κ1) is 17.2. The number of carbonyl (C=O) groups is 1. The summed E-state index contributed by atoms with van der Waals surface area (Å²) < 4.78 is 1.81. The maximum atomic E-state index is 13.3. The summed E-state index contributed by atoms with van der Waals surface area (Å²) in [5.41, 5.74) is 5.04. The zero-order valence-electron chi connectivity index (χ0n) is 15.4. The summed E-state index contributed by atoms with van der Waals surface area (Å²) in [4.78, 5) is 17.6. The number of carbonyl (C=O) groups excluding carboxylic acids is 1. The van der Waals surface area contributed by atoms with Gasteiger partial charge < -0.3 is 5.32 Å². The third-order valence-electron chi connectivity index (χ3n) is 5.57. The third-order valence-corrected chi connectivity index (χ3v) is 5.81. The Morgan fingerprint density at radius 2 is 1.93 bits per heavy atom. The largest absolute Gasteiger partial charge is 0.328 e. The SMILES string of the molecule is Cc1ccc([C@@H]2C3=C(C[C@H](c4cccc(Cl)c4)CC3=O)Nc3ncnn32)cc1. The van der Waals surface area contributed by atoms with E-state index in [2.05, 4.69) is 46.6 Å². The molecule has 0 saturated heterocycles. The fourth-order valence-electron chi connectivity index (χ4n) is 4.21. The minimum atomic E-state index is -0.248. The molecule has 0 spiro atoms. The van der Waals surface area contributed by atoms with Gasteiger partial charge in [-0.15, -0.1) is 0 Å². The van der Waals surface area contributed by atoms with Crippen molar-refractivity contribution in [2.24, 2.45) is 0 Å². The van der Waals surface area contributed by atoms with E-state index in [0.717, 1.165) is 28.8 Å². The van der Waals surface area contributed by atoms with Gasteiger partial charge in [0, 0.05) is 22.7 Å². The molecule has 0 radical (unpaired) electrons. The highest BCUT2D eigenvalue weighted by molar-refractivity contribution is 6.30. The van der Waals surface area contributed by atoms with Crippen molar-refractivity contribution in [3.8, 4) is 0 Å². The zero-order chi connectivity index (χ0) is 19.3. The van der Waals surface area contributed by atoms with Crippen molar-refractivity contribution in [3.05, 3.63) is 87.8 Å². The quantitative estimate of drug-likeness (QED) is 0.691. The van der Waals surface area contributed by atoms with Crippen LogP contribution in [0.5, 0.6) is 0 Å². The van der Waals surface area contributed by atoms with E-state index in [0.29, 0.717) is 17.4 Å². The summed E-state index contributed by atoms with van der Waals surface area (Å²) >= 11 is 6.17. The van der Waals surface area contributed by atoms with E-state index in [1.165, 1.54) is 11.9 Å². The number of aromatic nitrogens is 3. The molecule has 0 fully saturated rings. The highest BCUT2D eigenvalue weighted by Crippen LogP contribution is 2.43. The molecule has 1 aromatic heterocycles. The Balaban J connectivity index is 1.59. The third kappa shape index (κ3) is 2.83. The van der Waals surface area contributed by atoms with Gasteiger partial charge in [0.1, 0.15) is 12.4 Å². The maximum absolute atomic E-state index is 13.3. The van der Waals surface area contributed by atoms with E-state index in [4.69, 9.17) is 11.6 Å². The standard InChI is InChI=1S/C22H19ClN4O/c1-13-5-7-14(8-6-13)21-20-18(26-22-24-12-25-27(21)22)10-16(11-19(20)28)15-3-2-4-17(23)9-15/h2-9,12,16,21H,10-11H2,1H3,(H,24,25,26)/t16-,21+/m0/s1. The lowest BCUT2D eigenvalue weighted by Gasteiger charge is -2.35. The van der Waals surface area contributed by atoms with Crippen molar-refractivity contribution in [2.75, 3.05) is 5.32 Å². The van der Waals surface area contributed by atoms with E-state index in [9.17, 15) is 4.79 Å². The van der Waals surface area contributed by atoms with Crippen LogP contribution in [0.2, 0.25) is 5.02 Å². The van der Waals surface area contributed by atoms with Crippen LogP contribution in [0.1, 0.15) is 41.5 Å². The van der Waals surface area contributed by atoms with Crippen LogP contribution in [0.25, 0.3) is 0 Å². The van der Waals surface area contributed by atoms with Crippen LogP contribution in [0.15, 0.2) is 66.1 Å². The fourth-order valence-corrected chi connectivity index (χ4v) is 4.40. The van der Waals surface area contributed by atoms with E-state index < -0.39 is 0 Å². The monoisotopic (exact) mass is 390 g/mol. The van der Waals surface area contributed by atoms with Gasteiger partial charge in [0.15, 0.2) is 5.78 Å². The van der Waals surface area contributed by atoms with Gasteiger partial charge in [0.2, 0.25) is 5.95 Å². The Hall–Kier alpha value is -2.92. The lowest BCUT2D eigenvalue weighted by atomic mass is 9.78. The summed E-state index contributed by atoms with van der Waals surface area (Å²) in [7, 11) is 0. The van der Waals surface area contributed by atoms with Crippen molar-refractivity contribution in [3.63, 3.8) is 0 Å². The average Bonchev–Trinajstić information content (AvgIpc) is 3.15. The molecule has 3 aromatic rings. The molecule has 1 N–H and O–H groups in total. The van der Waals surface area contributed by atoms with E-state index >= 15 is 0 Å². The zero-order valence-corrected chi connectivity index (χ0v) is 16.1. The first-order chi connectivity index (χ1) is 13.6. The molecular weight excluding hydrogens is 372 g/mol. The number of anilines is 1. The van der Waals surface area contributed by atoms with E-state index in [-0.39, 0.29) is 17.7 Å². The number of aryl methyl sites for hydroxylation is 1. The summed E-state index contributed by atoms with van der Waals surface area (Å²) in [5, 5.41) is 8.43. The molecule has 0 bridgehead atoms. The Morgan fingerprint density at radius 1 is 1.11 bits per heavy atom. The molecule has 2 aromatic carbocycles. The van der Waals surface area contributed by atoms with Gasteiger partial charge in [0.25, 0.3) is 0 Å². The summed E-state index contributed by atoms with van der Waals surface area (Å²) in [6.07, 6.45) is 2.74. The van der Waals surface area contributed by atoms with Crippen LogP contribution >= 0.6 is 11.6 Å². The van der Waals surface area contributed by atoms with Crippen molar-refractivity contribution < 1.29 is 4.79 Å². The minimum absolute atomic E-state index is 0.102. The number of allylic oxidation sites excluding steroid dienone is 2. The molecule has 0 saturated carbocycles. The first-order valence-electron chi connectivity index (χ1n) is 9.35. The Morgan fingerprint density at radius 3 is 2.71 bits per heavy atom. The molecule has 28 heavy (non-hydrogen) atoms. The number of nitrogens with one attached hydrogen (secondary N) is 1. The van der Waals surface area contributed by atoms with Gasteiger partial charge >= 0.3 is 0 Å². The van der Waals surface area contributed by atoms with Gasteiger partial charge in [0.05, 0.1) is 0 Å². The highest BCUT2D eigenvalue weighted by Gasteiger charge is 2.39. The van der Waals surface area contributed by atoms with Crippen molar-refractivity contribution in [2.45, 2.75) is 31.7 Å². The predicted octanol–water partition coefficient (Wildman–Crippen LogP) is 4.66. The minimum Gasteiger partial charge on any atom is -0.328 e. The van der Waals surface area contributed by atoms with Crippen LogP contribution in [0, 0.1) is 6.92 Å². The molecule has 0 amide bonds. The van der Waals surface area contributed by atoms with Gasteiger partial charge in [-0.25, -0.2) is 4.68 Å². The molecule has 2 atom stereocenters. The number of Topliss-reactive ketones (excluding diaryl/α,β-unsaturated/α-hetero) is 1. The average molecular weight is 391 g/mol. The van der Waals surface area contributed by atoms with E-state index in [1.54, 1.807) is 4.68 Å². The Kier molecular flexibility index (Phi) is 4.05. The number of hydrogen-bond acceptors (Lipinski definition) is 4. The summed E-state index contributed by atoms with van der Waals surface area (Å²) in [5.74, 6) is 0.917. The molecule has 2 heterocycles. The second-order valence-electron chi connectivity index (χ2n) is 7.44. The predicted molar refractivity (Wildman–Crippen MR) is 108 cm³/mol. The maximum Gasteiger partial charge on any atom is 0.226 e. The van der Waals surface area contributed by atoms with Crippen LogP contribution in [0.4, 0.5) is 5.95 Å².